The second-order valence-corrected chi connectivity index (χ2v) is 6.69. The maximum absolute atomic E-state index is 13.7. The number of hydrogen-bond acceptors (Lipinski definition) is 5. The molecule has 0 aliphatic carbocycles. The molecule has 0 aliphatic rings. The molecule has 9 heteroatoms. The highest BCUT2D eigenvalue weighted by atomic mass is 19.1. The second-order valence-electron chi connectivity index (χ2n) is 6.69. The number of imide groups is 1. The zero-order valence-corrected chi connectivity index (χ0v) is 17.5. The summed E-state index contributed by atoms with van der Waals surface area (Å²) in [5.41, 5.74) is 0.244. The third-order valence-corrected chi connectivity index (χ3v) is 4.40. The number of nitrogens with one attached hydrogen (secondary N) is 2. The molecule has 170 valence electrons. The molecule has 1 atom stereocenters. The quantitative estimate of drug-likeness (QED) is 0.394. The molecule has 0 fully saturated rings. The average Bonchev–Trinajstić information content (AvgIpc) is 2.79. The van der Waals surface area contributed by atoms with Gasteiger partial charge in [-0.2, -0.15) is 0 Å². The van der Waals surface area contributed by atoms with Gasteiger partial charge < -0.3 is 14.8 Å². The standard InChI is InChI=1S/C24H20F2N2O5/c1-2-32-23(16-7-4-3-5-8-16)33-22(30)15-11-13-17(14-12-15)27-24(31)28-21(29)20-18(25)9-6-10-19(20)26/h3-14,23H,2H2,1H3,(H2,27,28,29,31). The minimum absolute atomic E-state index is 0.200. The minimum atomic E-state index is -1.23. The Kier molecular flexibility index (Phi) is 7.82. The summed E-state index contributed by atoms with van der Waals surface area (Å²) >= 11 is 0. The third kappa shape index (κ3) is 6.20. The summed E-state index contributed by atoms with van der Waals surface area (Å²) in [6.07, 6.45) is -0.878. The smallest absolute Gasteiger partial charge is 0.340 e. The molecule has 3 amide bonds. The van der Waals surface area contributed by atoms with Gasteiger partial charge in [0, 0.05) is 17.9 Å². The van der Waals surface area contributed by atoms with Crippen LogP contribution in [0.5, 0.6) is 0 Å². The van der Waals surface area contributed by atoms with Crippen molar-refractivity contribution in [3.8, 4) is 0 Å². The normalized spacial score (nSPS) is 11.4. The van der Waals surface area contributed by atoms with Crippen molar-refractivity contribution in [1.82, 2.24) is 5.32 Å². The van der Waals surface area contributed by atoms with Crippen molar-refractivity contribution in [3.05, 3.63) is 101 Å². The summed E-state index contributed by atoms with van der Waals surface area (Å²) in [4.78, 5) is 36.5. The highest BCUT2D eigenvalue weighted by Crippen LogP contribution is 2.21. The van der Waals surface area contributed by atoms with Crippen LogP contribution >= 0.6 is 0 Å². The van der Waals surface area contributed by atoms with Crippen molar-refractivity contribution in [2.24, 2.45) is 0 Å². The van der Waals surface area contributed by atoms with Crippen molar-refractivity contribution < 1.29 is 32.6 Å². The highest BCUT2D eigenvalue weighted by Gasteiger charge is 2.20. The maximum atomic E-state index is 13.7. The molecule has 0 saturated carbocycles. The van der Waals surface area contributed by atoms with E-state index in [1.54, 1.807) is 31.2 Å². The van der Waals surface area contributed by atoms with Crippen LogP contribution in [0.25, 0.3) is 0 Å². The molecule has 3 aromatic carbocycles. The molecule has 0 aromatic heterocycles. The number of amides is 3. The predicted octanol–water partition coefficient (Wildman–Crippen LogP) is 4.82. The fourth-order valence-corrected chi connectivity index (χ4v) is 2.86. The van der Waals surface area contributed by atoms with E-state index in [1.807, 2.05) is 11.4 Å². The number of halogens is 2. The number of carbonyl (C=O) groups excluding carboxylic acids is 3. The van der Waals surface area contributed by atoms with Crippen molar-refractivity contribution in [2.75, 3.05) is 11.9 Å². The van der Waals surface area contributed by atoms with Gasteiger partial charge in [-0.25, -0.2) is 18.4 Å². The van der Waals surface area contributed by atoms with Crippen molar-refractivity contribution in [3.63, 3.8) is 0 Å². The Morgan fingerprint density at radius 3 is 2.12 bits per heavy atom. The Hall–Kier alpha value is -4.11. The molecule has 0 saturated heterocycles. The summed E-state index contributed by atoms with van der Waals surface area (Å²) in [6.45, 7) is 2.11. The van der Waals surface area contributed by atoms with Gasteiger partial charge in [-0.1, -0.05) is 36.4 Å². The molecule has 3 aromatic rings. The van der Waals surface area contributed by atoms with Crippen LogP contribution in [-0.2, 0) is 9.47 Å². The van der Waals surface area contributed by atoms with Crippen molar-refractivity contribution >= 4 is 23.6 Å². The summed E-state index contributed by atoms with van der Waals surface area (Å²) in [7, 11) is 0. The number of hydrogen-bond donors (Lipinski definition) is 2. The maximum Gasteiger partial charge on any atom is 0.340 e. The number of carbonyl (C=O) groups is 3. The van der Waals surface area contributed by atoms with Crippen LogP contribution in [-0.4, -0.2) is 24.5 Å². The average molecular weight is 454 g/mol. The number of ether oxygens (including phenoxy) is 2. The van der Waals surface area contributed by atoms with Crippen molar-refractivity contribution in [2.45, 2.75) is 13.2 Å². The zero-order chi connectivity index (χ0) is 23.8. The van der Waals surface area contributed by atoms with E-state index in [9.17, 15) is 23.2 Å². The number of rotatable bonds is 7. The lowest BCUT2D eigenvalue weighted by Crippen LogP contribution is -2.35. The lowest BCUT2D eigenvalue weighted by atomic mass is 10.2. The first kappa shape index (κ1) is 23.6. The van der Waals surface area contributed by atoms with Gasteiger partial charge in [0.05, 0.1) is 5.56 Å². The molecule has 0 heterocycles. The summed E-state index contributed by atoms with van der Waals surface area (Å²) < 4.78 is 38.2. The summed E-state index contributed by atoms with van der Waals surface area (Å²) in [5, 5.41) is 4.19. The lowest BCUT2D eigenvalue weighted by Gasteiger charge is -2.18. The van der Waals surface area contributed by atoms with E-state index in [0.29, 0.717) is 12.2 Å². The molecular weight excluding hydrogens is 434 g/mol. The molecule has 3 rings (SSSR count). The lowest BCUT2D eigenvalue weighted by molar-refractivity contribution is -0.110. The number of benzene rings is 3. The predicted molar refractivity (Wildman–Crippen MR) is 116 cm³/mol. The van der Waals surface area contributed by atoms with Crippen LogP contribution in [0.2, 0.25) is 0 Å². The molecule has 2 N–H and O–H groups in total. The first-order valence-corrected chi connectivity index (χ1v) is 9.93. The highest BCUT2D eigenvalue weighted by molar-refractivity contribution is 6.08. The van der Waals surface area contributed by atoms with E-state index in [2.05, 4.69) is 5.32 Å². The molecule has 0 aliphatic heterocycles. The minimum Gasteiger partial charge on any atom is -0.428 e. The molecule has 7 nitrogen and oxygen atoms in total. The summed E-state index contributed by atoms with van der Waals surface area (Å²) in [6, 6.07) is 16.5. The molecule has 0 radical (unpaired) electrons. The SMILES string of the molecule is CCOC(OC(=O)c1ccc(NC(=O)NC(=O)c2c(F)cccc2F)cc1)c1ccccc1. The Morgan fingerprint density at radius 2 is 1.52 bits per heavy atom. The van der Waals surface area contributed by atoms with E-state index in [4.69, 9.17) is 9.47 Å². The van der Waals surface area contributed by atoms with Crippen LogP contribution in [0.4, 0.5) is 19.3 Å². The van der Waals surface area contributed by atoms with Crippen LogP contribution in [0, 0.1) is 11.6 Å². The van der Waals surface area contributed by atoms with Crippen LogP contribution in [0.3, 0.4) is 0 Å². The first-order chi connectivity index (χ1) is 15.9. The van der Waals surface area contributed by atoms with E-state index in [1.165, 1.54) is 24.3 Å². The van der Waals surface area contributed by atoms with Crippen LogP contribution in [0.15, 0.2) is 72.8 Å². The number of urea groups is 1. The number of anilines is 1. The Morgan fingerprint density at radius 1 is 0.879 bits per heavy atom. The first-order valence-electron chi connectivity index (χ1n) is 9.93. The van der Waals surface area contributed by atoms with Gasteiger partial charge >= 0.3 is 12.0 Å². The second kappa shape index (κ2) is 11.0. The fourth-order valence-electron chi connectivity index (χ4n) is 2.86. The van der Waals surface area contributed by atoms with E-state index >= 15 is 0 Å². The van der Waals surface area contributed by atoms with Gasteiger partial charge in [0.2, 0.25) is 6.29 Å². The zero-order valence-electron chi connectivity index (χ0n) is 17.5. The van der Waals surface area contributed by atoms with Gasteiger partial charge in [-0.15, -0.1) is 0 Å². The Labute approximate surface area is 188 Å². The third-order valence-electron chi connectivity index (χ3n) is 4.40. The fraction of sp³-hybridized carbons (Fsp3) is 0.125. The van der Waals surface area contributed by atoms with Gasteiger partial charge in [0.25, 0.3) is 5.91 Å². The monoisotopic (exact) mass is 454 g/mol. The summed E-state index contributed by atoms with van der Waals surface area (Å²) in [5.74, 6) is -4.06. The van der Waals surface area contributed by atoms with Crippen molar-refractivity contribution in [1.29, 1.82) is 0 Å². The van der Waals surface area contributed by atoms with Gasteiger partial charge in [-0.05, 0) is 43.3 Å². The molecule has 33 heavy (non-hydrogen) atoms. The van der Waals surface area contributed by atoms with Gasteiger partial charge in [-0.3, -0.25) is 10.1 Å². The van der Waals surface area contributed by atoms with Gasteiger partial charge in [0.1, 0.15) is 17.2 Å². The molecule has 0 spiro atoms. The molecule has 0 bridgehead atoms. The van der Waals surface area contributed by atoms with E-state index in [0.717, 1.165) is 18.2 Å². The largest absolute Gasteiger partial charge is 0.428 e. The topological polar surface area (TPSA) is 93.7 Å². The molecule has 1 unspecified atom stereocenters. The van der Waals surface area contributed by atoms with Crippen LogP contribution in [0.1, 0.15) is 39.5 Å². The Bertz CT molecular complexity index is 1120. The van der Waals surface area contributed by atoms with Crippen LogP contribution < -0.4 is 10.6 Å². The molecular formula is C24H20F2N2O5. The van der Waals surface area contributed by atoms with Gasteiger partial charge in [0.15, 0.2) is 0 Å². The number of esters is 1. The van der Waals surface area contributed by atoms with E-state index in [-0.39, 0.29) is 11.3 Å². The Balaban J connectivity index is 1.60. The van der Waals surface area contributed by atoms with E-state index < -0.39 is 41.4 Å².